The standard InChI is InChI=1S/C11H11N5O5/c17-8(6-1-2-7(12-6)16(20)21)15-4-3-11(5-15)9(18)13-10(19)14-11/h1-2,12H,3-5H2,(H2,13,14,18,19). The van der Waals surface area contributed by atoms with E-state index < -0.39 is 28.3 Å². The van der Waals surface area contributed by atoms with Gasteiger partial charge < -0.3 is 20.3 Å². The Labute approximate surface area is 117 Å². The Morgan fingerprint density at radius 2 is 2.14 bits per heavy atom. The summed E-state index contributed by atoms with van der Waals surface area (Å²) < 4.78 is 0. The summed E-state index contributed by atoms with van der Waals surface area (Å²) in [5, 5.41) is 15.3. The fourth-order valence-corrected chi connectivity index (χ4v) is 2.58. The highest BCUT2D eigenvalue weighted by atomic mass is 16.6. The van der Waals surface area contributed by atoms with Crippen LogP contribution in [-0.4, -0.2) is 51.3 Å². The van der Waals surface area contributed by atoms with E-state index in [1.807, 2.05) is 0 Å². The molecule has 10 heteroatoms. The molecular weight excluding hydrogens is 282 g/mol. The van der Waals surface area contributed by atoms with Crippen molar-refractivity contribution >= 4 is 23.7 Å². The van der Waals surface area contributed by atoms with Crippen LogP contribution >= 0.6 is 0 Å². The van der Waals surface area contributed by atoms with E-state index in [0.717, 1.165) is 0 Å². The fourth-order valence-electron chi connectivity index (χ4n) is 2.58. The number of amides is 4. The quantitative estimate of drug-likeness (QED) is 0.378. The third-order valence-corrected chi connectivity index (χ3v) is 3.67. The molecule has 3 N–H and O–H groups in total. The maximum Gasteiger partial charge on any atom is 0.322 e. The van der Waals surface area contributed by atoms with Gasteiger partial charge in [-0.1, -0.05) is 0 Å². The second-order valence-electron chi connectivity index (χ2n) is 4.98. The maximum atomic E-state index is 12.2. The van der Waals surface area contributed by atoms with Gasteiger partial charge >= 0.3 is 11.8 Å². The lowest BCUT2D eigenvalue weighted by molar-refractivity contribution is -0.389. The Morgan fingerprint density at radius 1 is 1.38 bits per heavy atom. The van der Waals surface area contributed by atoms with Crippen molar-refractivity contribution < 1.29 is 19.3 Å². The lowest BCUT2D eigenvalue weighted by Crippen LogP contribution is -2.49. The van der Waals surface area contributed by atoms with Crippen LogP contribution in [-0.2, 0) is 4.79 Å². The Bertz CT molecular complexity index is 668. The second kappa shape index (κ2) is 4.30. The SMILES string of the molecule is O=C1NC(=O)C2(CCN(C(=O)c3ccc([N+](=O)[O-])[nH]3)C2)N1. The Hall–Kier alpha value is -2.91. The minimum Gasteiger partial charge on any atom is -0.358 e. The Morgan fingerprint density at radius 3 is 2.71 bits per heavy atom. The molecule has 3 heterocycles. The number of carbonyl (C=O) groups is 3. The fraction of sp³-hybridized carbons (Fsp3) is 0.364. The van der Waals surface area contributed by atoms with Gasteiger partial charge in [0.15, 0.2) is 5.69 Å². The molecular formula is C11H11N5O5. The van der Waals surface area contributed by atoms with Crippen LogP contribution in [0.1, 0.15) is 16.9 Å². The highest BCUT2D eigenvalue weighted by Crippen LogP contribution is 2.26. The molecule has 0 aromatic carbocycles. The van der Waals surface area contributed by atoms with E-state index in [1.54, 1.807) is 0 Å². The number of H-pyrrole nitrogens is 1. The van der Waals surface area contributed by atoms with E-state index in [9.17, 15) is 24.5 Å². The Kier molecular flexibility index (Phi) is 2.68. The van der Waals surface area contributed by atoms with Crippen LogP contribution in [0.3, 0.4) is 0 Å². The van der Waals surface area contributed by atoms with Gasteiger partial charge in [-0.3, -0.25) is 14.9 Å². The molecule has 1 unspecified atom stereocenters. The molecule has 4 amide bonds. The summed E-state index contributed by atoms with van der Waals surface area (Å²) in [4.78, 5) is 49.0. The van der Waals surface area contributed by atoms with Gasteiger partial charge in [0.05, 0.1) is 6.54 Å². The third-order valence-electron chi connectivity index (χ3n) is 3.67. The van der Waals surface area contributed by atoms with Gasteiger partial charge in [0.2, 0.25) is 0 Å². The zero-order chi connectivity index (χ0) is 15.2. The van der Waals surface area contributed by atoms with Crippen molar-refractivity contribution in [1.29, 1.82) is 0 Å². The highest BCUT2D eigenvalue weighted by molar-refractivity contribution is 6.08. The van der Waals surface area contributed by atoms with Crippen LogP contribution in [0.5, 0.6) is 0 Å². The summed E-state index contributed by atoms with van der Waals surface area (Å²) in [5.41, 5.74) is -1.02. The molecule has 2 aliphatic rings. The monoisotopic (exact) mass is 293 g/mol. The van der Waals surface area contributed by atoms with Crippen LogP contribution in [0.15, 0.2) is 12.1 Å². The van der Waals surface area contributed by atoms with E-state index in [-0.39, 0.29) is 24.6 Å². The lowest BCUT2D eigenvalue weighted by Gasteiger charge is -2.20. The molecule has 21 heavy (non-hydrogen) atoms. The summed E-state index contributed by atoms with van der Waals surface area (Å²) in [5.74, 6) is -1.19. The van der Waals surface area contributed by atoms with Crippen LogP contribution in [0, 0.1) is 10.1 Å². The average Bonchev–Trinajstić information content (AvgIpc) is 3.10. The van der Waals surface area contributed by atoms with Gasteiger partial charge in [0.25, 0.3) is 11.8 Å². The van der Waals surface area contributed by atoms with Crippen molar-refractivity contribution in [3.05, 3.63) is 27.9 Å². The number of hydrogen-bond acceptors (Lipinski definition) is 5. The van der Waals surface area contributed by atoms with Gasteiger partial charge in [-0.2, -0.15) is 0 Å². The molecule has 2 fully saturated rings. The van der Waals surface area contributed by atoms with Gasteiger partial charge in [0, 0.05) is 12.6 Å². The molecule has 2 saturated heterocycles. The summed E-state index contributed by atoms with van der Waals surface area (Å²) in [6, 6.07) is 1.94. The van der Waals surface area contributed by atoms with Crippen LogP contribution < -0.4 is 10.6 Å². The van der Waals surface area contributed by atoms with Crippen molar-refractivity contribution in [2.75, 3.05) is 13.1 Å². The van der Waals surface area contributed by atoms with Crippen molar-refractivity contribution in [2.24, 2.45) is 0 Å². The van der Waals surface area contributed by atoms with Crippen molar-refractivity contribution in [2.45, 2.75) is 12.0 Å². The molecule has 0 aliphatic carbocycles. The van der Waals surface area contributed by atoms with Gasteiger partial charge in [-0.15, -0.1) is 0 Å². The molecule has 0 bridgehead atoms. The van der Waals surface area contributed by atoms with Crippen molar-refractivity contribution in [3.8, 4) is 0 Å². The Balaban J connectivity index is 1.76. The van der Waals surface area contributed by atoms with Crippen LogP contribution in [0.25, 0.3) is 0 Å². The molecule has 10 nitrogen and oxygen atoms in total. The van der Waals surface area contributed by atoms with E-state index in [4.69, 9.17) is 0 Å². The molecule has 0 saturated carbocycles. The number of nitrogens with one attached hydrogen (secondary N) is 3. The summed E-state index contributed by atoms with van der Waals surface area (Å²) in [7, 11) is 0. The molecule has 3 rings (SSSR count). The zero-order valence-corrected chi connectivity index (χ0v) is 10.7. The van der Waals surface area contributed by atoms with E-state index in [1.165, 1.54) is 17.0 Å². The maximum absolute atomic E-state index is 12.2. The third kappa shape index (κ3) is 2.00. The van der Waals surface area contributed by atoms with Crippen LogP contribution in [0.2, 0.25) is 0 Å². The molecule has 0 radical (unpaired) electrons. The number of urea groups is 1. The van der Waals surface area contributed by atoms with E-state index in [0.29, 0.717) is 6.42 Å². The minimum atomic E-state index is -1.09. The molecule has 1 aromatic rings. The van der Waals surface area contributed by atoms with Crippen molar-refractivity contribution in [3.63, 3.8) is 0 Å². The minimum absolute atomic E-state index is 0.0379. The first kappa shape index (κ1) is 13.1. The van der Waals surface area contributed by atoms with Gasteiger partial charge in [-0.25, -0.2) is 9.78 Å². The van der Waals surface area contributed by atoms with Crippen LogP contribution in [0.4, 0.5) is 10.6 Å². The van der Waals surface area contributed by atoms with E-state index in [2.05, 4.69) is 15.6 Å². The molecule has 1 aromatic heterocycles. The molecule has 110 valence electrons. The average molecular weight is 293 g/mol. The topological polar surface area (TPSA) is 137 Å². The summed E-state index contributed by atoms with van der Waals surface area (Å²) in [6.07, 6.45) is 0.305. The number of imide groups is 1. The van der Waals surface area contributed by atoms with E-state index >= 15 is 0 Å². The number of rotatable bonds is 2. The first-order valence-electron chi connectivity index (χ1n) is 6.17. The van der Waals surface area contributed by atoms with Crippen molar-refractivity contribution in [1.82, 2.24) is 20.5 Å². The number of aromatic nitrogens is 1. The predicted molar refractivity (Wildman–Crippen MR) is 67.4 cm³/mol. The summed E-state index contributed by atoms with van der Waals surface area (Å²) in [6.45, 7) is 0.315. The number of aromatic amines is 1. The zero-order valence-electron chi connectivity index (χ0n) is 10.7. The first-order chi connectivity index (χ1) is 9.91. The second-order valence-corrected chi connectivity index (χ2v) is 4.98. The number of likely N-dealkylation sites (tertiary alicyclic amines) is 1. The lowest BCUT2D eigenvalue weighted by atomic mass is 10.00. The molecule has 2 aliphatic heterocycles. The summed E-state index contributed by atoms with van der Waals surface area (Å²) >= 11 is 0. The highest BCUT2D eigenvalue weighted by Gasteiger charge is 2.52. The smallest absolute Gasteiger partial charge is 0.322 e. The number of nitro groups is 1. The first-order valence-corrected chi connectivity index (χ1v) is 6.17. The van der Waals surface area contributed by atoms with Gasteiger partial charge in [0.1, 0.15) is 5.54 Å². The normalized spacial score (nSPS) is 24.3. The molecule has 1 spiro atoms. The predicted octanol–water partition coefficient (Wildman–Crippen LogP) is -0.653. The number of carbonyl (C=O) groups excluding carboxylic acids is 3. The largest absolute Gasteiger partial charge is 0.358 e. The van der Waals surface area contributed by atoms with Gasteiger partial charge in [-0.05, 0) is 17.4 Å². The molecule has 1 atom stereocenters. The number of hydrogen-bond donors (Lipinski definition) is 3. The number of nitrogens with zero attached hydrogens (tertiary/aromatic N) is 2.